The van der Waals surface area contributed by atoms with Crippen molar-refractivity contribution in [1.82, 2.24) is 9.88 Å². The van der Waals surface area contributed by atoms with Gasteiger partial charge in [0.1, 0.15) is 5.75 Å². The van der Waals surface area contributed by atoms with Crippen molar-refractivity contribution in [2.24, 2.45) is 0 Å². The van der Waals surface area contributed by atoms with Crippen LogP contribution in [0.1, 0.15) is 11.3 Å². The highest BCUT2D eigenvalue weighted by atomic mass is 79.9. The lowest BCUT2D eigenvalue weighted by atomic mass is 10.1. The zero-order chi connectivity index (χ0) is 14.9. The van der Waals surface area contributed by atoms with E-state index in [1.54, 1.807) is 7.11 Å². The zero-order valence-corrected chi connectivity index (χ0v) is 14.5. The summed E-state index contributed by atoms with van der Waals surface area (Å²) in [6, 6.07) is 3.76. The molecule has 0 bridgehead atoms. The van der Waals surface area contributed by atoms with E-state index in [0.717, 1.165) is 26.6 Å². The van der Waals surface area contributed by atoms with Crippen molar-refractivity contribution in [2.45, 2.75) is 13.0 Å². The normalized spacial score (nSPS) is 10.7. The molecule has 1 aromatic carbocycles. The van der Waals surface area contributed by atoms with E-state index in [4.69, 9.17) is 9.84 Å². The number of aromatic amines is 1. The number of carboxylic acids is 1. The van der Waals surface area contributed by atoms with E-state index in [1.165, 1.54) is 0 Å². The molecule has 0 atom stereocenters. The second kappa shape index (κ2) is 7.15. The molecule has 5 nitrogen and oxygen atoms in total. The minimum absolute atomic E-state index is 0. The fourth-order valence-electron chi connectivity index (χ4n) is 2.30. The molecule has 0 unspecified atom stereocenters. The molecule has 21 heavy (non-hydrogen) atoms. The van der Waals surface area contributed by atoms with Gasteiger partial charge in [-0.1, -0.05) is 0 Å². The van der Waals surface area contributed by atoms with E-state index in [9.17, 15) is 4.79 Å². The molecule has 1 heterocycles. The van der Waals surface area contributed by atoms with Crippen LogP contribution in [0, 0.1) is 0 Å². The minimum atomic E-state index is -0.847. The number of nitrogens with one attached hydrogen (secondary N) is 1. The van der Waals surface area contributed by atoms with Gasteiger partial charge in [0.15, 0.2) is 0 Å². The van der Waals surface area contributed by atoms with E-state index in [2.05, 4.69) is 20.9 Å². The number of hydrogen-bond donors (Lipinski definition) is 2. The number of rotatable bonds is 5. The van der Waals surface area contributed by atoms with E-state index in [-0.39, 0.29) is 18.8 Å². The Morgan fingerprint density at radius 1 is 1.43 bits per heavy atom. The molecular weight excluding hydrogens is 360 g/mol. The average molecular weight is 378 g/mol. The lowest BCUT2D eigenvalue weighted by Crippen LogP contribution is -2.13. The van der Waals surface area contributed by atoms with Gasteiger partial charge in [-0.25, -0.2) is 0 Å². The maximum Gasteiger partial charge on any atom is 0.307 e. The predicted molar refractivity (Wildman–Crippen MR) is 88.5 cm³/mol. The number of H-pyrrole nitrogens is 1. The maximum atomic E-state index is 11.1. The first kappa shape index (κ1) is 17.8. The molecule has 0 aliphatic heterocycles. The number of ether oxygens (including phenoxy) is 1. The van der Waals surface area contributed by atoms with E-state index in [1.807, 2.05) is 31.1 Å². The van der Waals surface area contributed by atoms with E-state index >= 15 is 0 Å². The van der Waals surface area contributed by atoms with Crippen LogP contribution in [0.25, 0.3) is 10.9 Å². The van der Waals surface area contributed by atoms with Gasteiger partial charge in [-0.2, -0.15) is 0 Å². The van der Waals surface area contributed by atoms with Gasteiger partial charge in [0.05, 0.1) is 18.0 Å². The van der Waals surface area contributed by atoms with Gasteiger partial charge in [-0.15, -0.1) is 12.4 Å². The van der Waals surface area contributed by atoms with Crippen LogP contribution in [0.4, 0.5) is 0 Å². The van der Waals surface area contributed by atoms with Crippen molar-refractivity contribution in [3.8, 4) is 5.75 Å². The minimum Gasteiger partial charge on any atom is -0.496 e. The van der Waals surface area contributed by atoms with Crippen LogP contribution >= 0.6 is 28.3 Å². The number of methoxy groups -OCH3 is 1. The summed E-state index contributed by atoms with van der Waals surface area (Å²) in [7, 11) is 5.49. The summed E-state index contributed by atoms with van der Waals surface area (Å²) in [5, 5.41) is 10.0. The monoisotopic (exact) mass is 376 g/mol. The molecule has 7 heteroatoms. The fraction of sp³-hybridized carbons (Fsp3) is 0.357. The summed E-state index contributed by atoms with van der Waals surface area (Å²) in [6.45, 7) is 0.659. The molecular formula is C14H18BrClN2O3. The Labute approximate surface area is 137 Å². The number of carboxylic acid groups (broad SMARTS) is 1. The fourth-order valence-corrected chi connectivity index (χ4v) is 3.05. The third-order valence-corrected chi connectivity index (χ3v) is 3.87. The summed E-state index contributed by atoms with van der Waals surface area (Å²) in [6.07, 6.45) is -0.0189. The number of fused-ring (bicyclic) bond motifs is 1. The molecule has 2 aromatic rings. The third-order valence-electron chi connectivity index (χ3n) is 3.08. The SMILES string of the molecule is COc1ccc2[nH]c(CN(C)C)c(CC(=O)O)c2c1Br.Cl. The summed E-state index contributed by atoms with van der Waals surface area (Å²) in [5.41, 5.74) is 2.62. The van der Waals surface area contributed by atoms with Gasteiger partial charge >= 0.3 is 5.97 Å². The molecule has 2 N–H and O–H groups in total. The number of halogens is 2. The molecule has 0 fully saturated rings. The van der Waals surface area contributed by atoms with Crippen molar-refractivity contribution in [3.63, 3.8) is 0 Å². The predicted octanol–water partition coefficient (Wildman–Crippen LogP) is 3.05. The molecule has 116 valence electrons. The zero-order valence-electron chi connectivity index (χ0n) is 12.1. The van der Waals surface area contributed by atoms with Crippen molar-refractivity contribution in [3.05, 3.63) is 27.9 Å². The Hall–Kier alpha value is -1.24. The van der Waals surface area contributed by atoms with Gasteiger partial charge in [0, 0.05) is 23.1 Å². The first-order valence-corrected chi connectivity index (χ1v) is 6.95. The summed E-state index contributed by atoms with van der Waals surface area (Å²) in [5.74, 6) is -0.153. The highest BCUT2D eigenvalue weighted by Gasteiger charge is 2.19. The smallest absolute Gasteiger partial charge is 0.307 e. The molecule has 0 amide bonds. The van der Waals surface area contributed by atoms with Gasteiger partial charge in [-0.3, -0.25) is 4.79 Å². The lowest BCUT2D eigenvalue weighted by Gasteiger charge is -2.10. The summed E-state index contributed by atoms with van der Waals surface area (Å²) < 4.78 is 6.07. The largest absolute Gasteiger partial charge is 0.496 e. The lowest BCUT2D eigenvalue weighted by molar-refractivity contribution is -0.136. The molecule has 0 aliphatic carbocycles. The topological polar surface area (TPSA) is 65.6 Å². The van der Waals surface area contributed by atoms with Crippen LogP contribution in [0.3, 0.4) is 0 Å². The molecule has 0 radical (unpaired) electrons. The molecule has 1 aromatic heterocycles. The van der Waals surface area contributed by atoms with Crippen LogP contribution in [0.15, 0.2) is 16.6 Å². The second-order valence-electron chi connectivity index (χ2n) is 4.89. The number of carbonyl (C=O) groups is 1. The van der Waals surface area contributed by atoms with Crippen LogP contribution in [0.2, 0.25) is 0 Å². The standard InChI is InChI=1S/C14H17BrN2O3.ClH/c1-17(2)7-10-8(6-12(18)19)13-9(16-10)4-5-11(20-3)14(13)15;/h4-5,16H,6-7H2,1-3H3,(H,18,19);1H. The number of hydrogen-bond acceptors (Lipinski definition) is 3. The molecule has 0 aliphatic rings. The molecule has 0 saturated carbocycles. The van der Waals surface area contributed by atoms with Crippen LogP contribution in [-0.4, -0.2) is 42.2 Å². The van der Waals surface area contributed by atoms with Crippen molar-refractivity contribution in [2.75, 3.05) is 21.2 Å². The Bertz CT molecular complexity index is 655. The Morgan fingerprint density at radius 3 is 2.62 bits per heavy atom. The summed E-state index contributed by atoms with van der Waals surface area (Å²) in [4.78, 5) is 16.4. The second-order valence-corrected chi connectivity index (χ2v) is 5.69. The van der Waals surface area contributed by atoms with Gasteiger partial charge in [0.2, 0.25) is 0 Å². The van der Waals surface area contributed by atoms with Gasteiger partial charge < -0.3 is 19.7 Å². The highest BCUT2D eigenvalue weighted by Crippen LogP contribution is 2.37. The number of benzene rings is 1. The van der Waals surface area contributed by atoms with Gasteiger partial charge in [-0.05, 0) is 47.7 Å². The number of aromatic nitrogens is 1. The Morgan fingerprint density at radius 2 is 2.10 bits per heavy atom. The first-order chi connectivity index (χ1) is 9.43. The van der Waals surface area contributed by atoms with Crippen LogP contribution in [-0.2, 0) is 17.8 Å². The van der Waals surface area contributed by atoms with Crippen LogP contribution < -0.4 is 4.74 Å². The van der Waals surface area contributed by atoms with Crippen molar-refractivity contribution in [1.29, 1.82) is 0 Å². The maximum absolute atomic E-state index is 11.1. The van der Waals surface area contributed by atoms with Crippen LogP contribution in [0.5, 0.6) is 5.75 Å². The average Bonchev–Trinajstić information content (AvgIpc) is 2.67. The third kappa shape index (κ3) is 3.70. The molecule has 0 spiro atoms. The van der Waals surface area contributed by atoms with E-state index < -0.39 is 5.97 Å². The first-order valence-electron chi connectivity index (χ1n) is 6.16. The highest BCUT2D eigenvalue weighted by molar-refractivity contribution is 9.10. The molecule has 2 rings (SSSR count). The van der Waals surface area contributed by atoms with E-state index in [0.29, 0.717) is 12.3 Å². The molecule has 0 saturated heterocycles. The Balaban J connectivity index is 0.00000220. The van der Waals surface area contributed by atoms with Crippen molar-refractivity contribution >= 4 is 45.2 Å². The van der Waals surface area contributed by atoms with Gasteiger partial charge in [0.25, 0.3) is 0 Å². The summed E-state index contributed by atoms with van der Waals surface area (Å²) >= 11 is 3.51. The van der Waals surface area contributed by atoms with Crippen molar-refractivity contribution < 1.29 is 14.6 Å². The number of aliphatic carboxylic acids is 1. The Kier molecular flexibility index (Phi) is 6.07. The quantitative estimate of drug-likeness (QED) is 0.840. The number of nitrogens with zero attached hydrogens (tertiary/aromatic N) is 1.